The van der Waals surface area contributed by atoms with Crippen LogP contribution in [0.1, 0.15) is 20.3 Å². The zero-order chi connectivity index (χ0) is 17.1. The number of quaternary nitrogens is 1. The van der Waals surface area contributed by atoms with Crippen molar-refractivity contribution in [3.8, 4) is 5.75 Å². The van der Waals surface area contributed by atoms with Crippen LogP contribution in [0.25, 0.3) is 0 Å². The fraction of sp³-hybridized carbons (Fsp3) is 0.500. The van der Waals surface area contributed by atoms with Crippen LogP contribution in [0.5, 0.6) is 5.75 Å². The molecule has 0 aromatic heterocycles. The van der Waals surface area contributed by atoms with E-state index in [1.165, 1.54) is 12.1 Å². The summed E-state index contributed by atoms with van der Waals surface area (Å²) in [7, 11) is 0. The minimum absolute atomic E-state index is 0.200. The van der Waals surface area contributed by atoms with E-state index >= 15 is 0 Å². The summed E-state index contributed by atoms with van der Waals surface area (Å²) in [5.41, 5.74) is 0. The fourth-order valence-electron chi connectivity index (χ4n) is 1.99. The van der Waals surface area contributed by atoms with Crippen molar-refractivity contribution in [1.29, 1.82) is 0 Å². The van der Waals surface area contributed by atoms with Gasteiger partial charge in [0.05, 0.1) is 26.3 Å². The van der Waals surface area contributed by atoms with Crippen LogP contribution in [0, 0.1) is 5.82 Å². The van der Waals surface area contributed by atoms with Gasteiger partial charge < -0.3 is 14.4 Å². The topological polar surface area (TPSA) is 69.1 Å². The standard InChI is InChI=1S/C16H23FN2O4/c1-3-19(12-15(20)18-16(21)22-4-2)10-5-11-23-14-8-6-13(17)7-9-14/h6-9H,3-5,10-12H2,1-2H3,(H,18,20,21)/p+1. The van der Waals surface area contributed by atoms with Crippen LogP contribution >= 0.6 is 0 Å². The van der Waals surface area contributed by atoms with Gasteiger partial charge in [0.2, 0.25) is 0 Å². The smallest absolute Gasteiger partial charge is 0.414 e. The molecule has 1 unspecified atom stereocenters. The average molecular weight is 327 g/mol. The molecule has 128 valence electrons. The summed E-state index contributed by atoms with van der Waals surface area (Å²) in [4.78, 5) is 23.9. The largest absolute Gasteiger partial charge is 0.493 e. The molecular formula is C16H24FN2O4+. The Morgan fingerprint density at radius 2 is 1.91 bits per heavy atom. The van der Waals surface area contributed by atoms with Crippen molar-refractivity contribution in [3.05, 3.63) is 30.1 Å². The van der Waals surface area contributed by atoms with Crippen molar-refractivity contribution < 1.29 is 28.4 Å². The summed E-state index contributed by atoms with van der Waals surface area (Å²) in [5, 5.41) is 2.18. The summed E-state index contributed by atoms with van der Waals surface area (Å²) in [6, 6.07) is 5.84. The first-order valence-corrected chi connectivity index (χ1v) is 7.73. The third-order valence-electron chi connectivity index (χ3n) is 3.18. The lowest BCUT2D eigenvalue weighted by atomic mass is 10.3. The highest BCUT2D eigenvalue weighted by Crippen LogP contribution is 2.10. The zero-order valence-electron chi connectivity index (χ0n) is 13.6. The van der Waals surface area contributed by atoms with Crippen molar-refractivity contribution in [2.45, 2.75) is 20.3 Å². The summed E-state index contributed by atoms with van der Waals surface area (Å²) < 4.78 is 22.9. The molecule has 1 atom stereocenters. The number of nitrogens with one attached hydrogen (secondary N) is 2. The Morgan fingerprint density at radius 3 is 2.52 bits per heavy atom. The van der Waals surface area contributed by atoms with Crippen LogP contribution in [0.15, 0.2) is 24.3 Å². The van der Waals surface area contributed by atoms with E-state index in [-0.39, 0.29) is 24.9 Å². The van der Waals surface area contributed by atoms with Gasteiger partial charge >= 0.3 is 6.09 Å². The summed E-state index contributed by atoms with van der Waals surface area (Å²) in [6.07, 6.45) is 0.0281. The summed E-state index contributed by atoms with van der Waals surface area (Å²) in [6.45, 7) is 6.04. The molecule has 2 amide bonds. The molecule has 6 nitrogen and oxygen atoms in total. The van der Waals surface area contributed by atoms with Crippen molar-refractivity contribution in [2.24, 2.45) is 0 Å². The Hall–Kier alpha value is -2.15. The van der Waals surface area contributed by atoms with E-state index in [9.17, 15) is 14.0 Å². The zero-order valence-corrected chi connectivity index (χ0v) is 13.6. The Balaban J connectivity index is 2.24. The molecule has 0 spiro atoms. The van der Waals surface area contributed by atoms with Gasteiger partial charge in [-0.3, -0.25) is 10.1 Å². The number of alkyl carbamates (subject to hydrolysis) is 1. The van der Waals surface area contributed by atoms with Gasteiger partial charge in [-0.15, -0.1) is 0 Å². The van der Waals surface area contributed by atoms with Crippen LogP contribution < -0.4 is 15.0 Å². The molecule has 1 aromatic rings. The number of ether oxygens (including phenoxy) is 2. The molecule has 23 heavy (non-hydrogen) atoms. The van der Waals surface area contributed by atoms with Gasteiger partial charge in [-0.25, -0.2) is 9.18 Å². The van der Waals surface area contributed by atoms with Gasteiger partial charge in [0.15, 0.2) is 6.54 Å². The molecule has 0 radical (unpaired) electrons. The Kier molecular flexibility index (Phi) is 8.67. The van der Waals surface area contributed by atoms with Crippen molar-refractivity contribution in [2.75, 3.05) is 32.8 Å². The van der Waals surface area contributed by atoms with E-state index in [0.29, 0.717) is 12.4 Å². The maximum Gasteiger partial charge on any atom is 0.414 e. The second-order valence-electron chi connectivity index (χ2n) is 4.95. The summed E-state index contributed by atoms with van der Waals surface area (Å²) in [5.74, 6) is -0.0455. The monoisotopic (exact) mass is 327 g/mol. The van der Waals surface area contributed by atoms with Gasteiger partial charge in [0.25, 0.3) is 5.91 Å². The second-order valence-corrected chi connectivity index (χ2v) is 4.95. The molecule has 2 N–H and O–H groups in total. The number of likely N-dealkylation sites (N-methyl/N-ethyl adjacent to an activating group) is 1. The maximum absolute atomic E-state index is 12.8. The van der Waals surface area contributed by atoms with E-state index in [2.05, 4.69) is 10.1 Å². The van der Waals surface area contributed by atoms with Gasteiger partial charge in [-0.2, -0.15) is 0 Å². The van der Waals surface area contributed by atoms with Crippen molar-refractivity contribution in [3.63, 3.8) is 0 Å². The number of imide groups is 1. The van der Waals surface area contributed by atoms with Crippen LogP contribution in [-0.4, -0.2) is 44.8 Å². The predicted octanol–water partition coefficient (Wildman–Crippen LogP) is 0.772. The first-order valence-electron chi connectivity index (χ1n) is 7.73. The number of amides is 2. The lowest BCUT2D eigenvalue weighted by Gasteiger charge is -2.17. The maximum atomic E-state index is 12.8. The van der Waals surface area contributed by atoms with Gasteiger partial charge in [0, 0.05) is 6.42 Å². The molecule has 0 heterocycles. The number of benzene rings is 1. The molecular weight excluding hydrogens is 303 g/mol. The van der Waals surface area contributed by atoms with Crippen LogP contribution in [0.3, 0.4) is 0 Å². The number of hydrogen-bond acceptors (Lipinski definition) is 4. The molecule has 0 saturated heterocycles. The van der Waals surface area contributed by atoms with E-state index < -0.39 is 6.09 Å². The SMILES string of the molecule is CCOC(=O)NC(=O)C[NH+](CC)CCCOc1ccc(F)cc1. The summed E-state index contributed by atoms with van der Waals surface area (Å²) >= 11 is 0. The van der Waals surface area contributed by atoms with Gasteiger partial charge in [-0.05, 0) is 38.1 Å². The lowest BCUT2D eigenvalue weighted by molar-refractivity contribution is -0.890. The molecule has 0 bridgehead atoms. The highest BCUT2D eigenvalue weighted by molar-refractivity contribution is 5.92. The van der Waals surface area contributed by atoms with E-state index in [1.807, 2.05) is 6.92 Å². The fourth-order valence-corrected chi connectivity index (χ4v) is 1.99. The van der Waals surface area contributed by atoms with Crippen LogP contribution in [-0.2, 0) is 9.53 Å². The van der Waals surface area contributed by atoms with Crippen LogP contribution in [0.4, 0.5) is 9.18 Å². The molecule has 1 aromatic carbocycles. The predicted molar refractivity (Wildman–Crippen MR) is 82.9 cm³/mol. The number of carbonyl (C=O) groups is 2. The Labute approximate surface area is 135 Å². The van der Waals surface area contributed by atoms with Crippen LogP contribution in [0.2, 0.25) is 0 Å². The Morgan fingerprint density at radius 1 is 1.22 bits per heavy atom. The van der Waals surface area contributed by atoms with Gasteiger partial charge in [-0.1, -0.05) is 0 Å². The van der Waals surface area contributed by atoms with E-state index in [1.54, 1.807) is 19.1 Å². The molecule has 0 fully saturated rings. The first kappa shape index (κ1) is 18.9. The minimum Gasteiger partial charge on any atom is -0.493 e. The third-order valence-corrected chi connectivity index (χ3v) is 3.18. The highest BCUT2D eigenvalue weighted by atomic mass is 19.1. The first-order chi connectivity index (χ1) is 11.0. The van der Waals surface area contributed by atoms with Crippen molar-refractivity contribution in [1.82, 2.24) is 5.32 Å². The molecule has 1 rings (SSSR count). The quantitative estimate of drug-likeness (QED) is 0.658. The number of halogens is 1. The highest BCUT2D eigenvalue weighted by Gasteiger charge is 2.15. The van der Waals surface area contributed by atoms with E-state index in [0.717, 1.165) is 24.4 Å². The minimum atomic E-state index is -0.715. The molecule has 0 aliphatic heterocycles. The molecule has 0 aliphatic rings. The number of rotatable bonds is 9. The molecule has 0 saturated carbocycles. The van der Waals surface area contributed by atoms with E-state index in [4.69, 9.17) is 4.74 Å². The second kappa shape index (κ2) is 10.6. The normalized spacial score (nSPS) is 11.6. The third kappa shape index (κ3) is 8.15. The Bertz CT molecular complexity index is 493. The average Bonchev–Trinajstić information content (AvgIpc) is 2.52. The number of carbonyl (C=O) groups excluding carboxylic acids is 2. The van der Waals surface area contributed by atoms with Crippen molar-refractivity contribution >= 4 is 12.0 Å². The molecule has 7 heteroatoms. The number of hydrogen-bond donors (Lipinski definition) is 2. The molecule has 0 aliphatic carbocycles. The van der Waals surface area contributed by atoms with Gasteiger partial charge in [0.1, 0.15) is 11.6 Å². The lowest BCUT2D eigenvalue weighted by Crippen LogP contribution is -3.13.